The second kappa shape index (κ2) is 11.0. The smallest absolute Gasteiger partial charge is 0.257 e. The van der Waals surface area contributed by atoms with E-state index >= 15 is 0 Å². The van der Waals surface area contributed by atoms with Gasteiger partial charge in [-0.2, -0.15) is 5.21 Å². The number of H-pyrrole nitrogens is 1. The van der Waals surface area contributed by atoms with Gasteiger partial charge in [-0.3, -0.25) is 9.36 Å². The van der Waals surface area contributed by atoms with Crippen LogP contribution in [0.2, 0.25) is 0 Å². The van der Waals surface area contributed by atoms with E-state index in [0.29, 0.717) is 18.1 Å². The summed E-state index contributed by atoms with van der Waals surface area (Å²) >= 11 is 0. The first-order chi connectivity index (χ1) is 16.6. The topological polar surface area (TPSA) is 110 Å². The van der Waals surface area contributed by atoms with Crippen molar-refractivity contribution in [2.45, 2.75) is 52.5 Å². The van der Waals surface area contributed by atoms with Crippen LogP contribution in [0.1, 0.15) is 48.8 Å². The van der Waals surface area contributed by atoms with Crippen LogP contribution in [-0.4, -0.2) is 41.9 Å². The summed E-state index contributed by atoms with van der Waals surface area (Å²) in [5.74, 6) is 1.20. The van der Waals surface area contributed by atoms with Crippen molar-refractivity contribution < 1.29 is 5.11 Å². The zero-order chi connectivity index (χ0) is 23.9. The summed E-state index contributed by atoms with van der Waals surface area (Å²) in [4.78, 5) is 18.0. The van der Waals surface area contributed by atoms with E-state index in [9.17, 15) is 9.90 Å². The van der Waals surface area contributed by atoms with Crippen molar-refractivity contribution in [3.05, 3.63) is 81.5 Å². The van der Waals surface area contributed by atoms with Crippen molar-refractivity contribution in [1.82, 2.24) is 30.2 Å². The number of rotatable bonds is 10. The molecule has 0 unspecified atom stereocenters. The van der Waals surface area contributed by atoms with Gasteiger partial charge in [-0.05, 0) is 41.7 Å². The lowest BCUT2D eigenvalue weighted by molar-refractivity contribution is 0.271. The molecule has 2 N–H and O–H groups in total. The summed E-state index contributed by atoms with van der Waals surface area (Å²) in [6.45, 7) is 4.16. The van der Waals surface area contributed by atoms with Gasteiger partial charge in [0.15, 0.2) is 0 Å². The quantitative estimate of drug-likeness (QED) is 0.351. The number of hydrogen-bond acceptors (Lipinski definition) is 6. The van der Waals surface area contributed by atoms with Gasteiger partial charge in [0.1, 0.15) is 5.82 Å². The van der Waals surface area contributed by atoms with Crippen LogP contribution >= 0.6 is 0 Å². The second-order valence-corrected chi connectivity index (χ2v) is 8.38. The largest absolute Gasteiger partial charge is 0.395 e. The Hall–Kier alpha value is -3.65. The molecule has 176 valence electrons. The number of aromatic nitrogens is 6. The molecule has 0 atom stereocenters. The molecule has 2 aromatic heterocycles. The molecule has 0 aliphatic rings. The van der Waals surface area contributed by atoms with Crippen molar-refractivity contribution in [2.24, 2.45) is 0 Å². The third-order valence-electron chi connectivity index (χ3n) is 6.04. The van der Waals surface area contributed by atoms with Gasteiger partial charge in [0.2, 0.25) is 5.82 Å². The average Bonchev–Trinajstić information content (AvgIpc) is 3.40. The summed E-state index contributed by atoms with van der Waals surface area (Å²) in [6.07, 6.45) is 4.52. The first-order valence-electron chi connectivity index (χ1n) is 11.7. The van der Waals surface area contributed by atoms with Crippen LogP contribution in [0.3, 0.4) is 0 Å². The van der Waals surface area contributed by atoms with Gasteiger partial charge < -0.3 is 5.11 Å². The predicted molar refractivity (Wildman–Crippen MR) is 131 cm³/mol. The van der Waals surface area contributed by atoms with Gasteiger partial charge in [-0.1, -0.05) is 68.3 Å². The van der Waals surface area contributed by atoms with Crippen molar-refractivity contribution >= 4 is 0 Å². The van der Waals surface area contributed by atoms with E-state index in [4.69, 9.17) is 4.98 Å². The molecule has 0 fully saturated rings. The highest BCUT2D eigenvalue weighted by Crippen LogP contribution is 2.30. The van der Waals surface area contributed by atoms with Crippen LogP contribution in [0.15, 0.2) is 53.3 Å². The summed E-state index contributed by atoms with van der Waals surface area (Å²) in [6, 6.07) is 16.1. The molecule has 0 amide bonds. The van der Waals surface area contributed by atoms with Crippen LogP contribution in [-0.2, 0) is 19.4 Å². The minimum absolute atomic E-state index is 0.0559. The normalized spacial score (nSPS) is 11.1. The lowest BCUT2D eigenvalue weighted by Gasteiger charge is -2.15. The lowest BCUT2D eigenvalue weighted by Crippen LogP contribution is -2.30. The number of benzene rings is 2. The van der Waals surface area contributed by atoms with Crippen LogP contribution in [0.25, 0.3) is 22.5 Å². The Kier molecular flexibility index (Phi) is 7.59. The van der Waals surface area contributed by atoms with E-state index in [1.165, 1.54) is 0 Å². The Morgan fingerprint density at radius 2 is 1.79 bits per heavy atom. The van der Waals surface area contributed by atoms with Crippen LogP contribution in [0.5, 0.6) is 0 Å². The first kappa shape index (κ1) is 23.5. The number of nitrogens with one attached hydrogen (secondary N) is 1. The lowest BCUT2D eigenvalue weighted by atomic mass is 9.96. The van der Waals surface area contributed by atoms with E-state index in [-0.39, 0.29) is 18.7 Å². The Morgan fingerprint density at radius 3 is 2.47 bits per heavy atom. The van der Waals surface area contributed by atoms with Gasteiger partial charge in [0, 0.05) is 17.5 Å². The summed E-state index contributed by atoms with van der Waals surface area (Å²) in [7, 11) is 0. The van der Waals surface area contributed by atoms with Crippen molar-refractivity contribution in [3.8, 4) is 22.5 Å². The average molecular weight is 459 g/mol. The molecule has 0 saturated heterocycles. The molecular formula is C26H30N6O2. The number of aliphatic hydroxyl groups is 1. The molecule has 0 aliphatic carbocycles. The van der Waals surface area contributed by atoms with Crippen LogP contribution in [0.4, 0.5) is 0 Å². The summed E-state index contributed by atoms with van der Waals surface area (Å²) in [5.41, 5.74) is 5.52. The monoisotopic (exact) mass is 458 g/mol. The standard InChI is InChI=1S/C26H30N6O2/c1-3-4-5-10-24-23(26(34)32(15-16-33)18(2)27-24)17-19-11-13-20(14-12-19)21-8-6-7-9-22(21)25-28-30-31-29-25/h6-9,11-14,33H,3-5,10,15-17H2,1-2H3,(H,28,29,30,31). The van der Waals surface area contributed by atoms with Crippen LogP contribution in [0, 0.1) is 6.92 Å². The summed E-state index contributed by atoms with van der Waals surface area (Å²) < 4.78 is 1.58. The molecule has 4 aromatic rings. The molecule has 8 nitrogen and oxygen atoms in total. The fourth-order valence-electron chi connectivity index (χ4n) is 4.26. The number of unbranched alkanes of at least 4 members (excludes halogenated alkanes) is 2. The molecule has 2 aromatic carbocycles. The fourth-order valence-corrected chi connectivity index (χ4v) is 4.26. The number of aryl methyl sites for hydroxylation is 2. The first-order valence-corrected chi connectivity index (χ1v) is 11.7. The highest BCUT2D eigenvalue weighted by Gasteiger charge is 2.16. The maximum Gasteiger partial charge on any atom is 0.257 e. The van der Waals surface area contributed by atoms with Crippen molar-refractivity contribution in [1.29, 1.82) is 0 Å². The maximum absolute atomic E-state index is 13.3. The number of aliphatic hydroxyl groups excluding tert-OH is 1. The zero-order valence-electron chi connectivity index (χ0n) is 19.7. The second-order valence-electron chi connectivity index (χ2n) is 8.38. The van der Waals surface area contributed by atoms with Gasteiger partial charge in [0.05, 0.1) is 18.8 Å². The molecule has 0 bridgehead atoms. The molecule has 0 radical (unpaired) electrons. The maximum atomic E-state index is 13.3. The number of aromatic amines is 1. The number of hydrogen-bond donors (Lipinski definition) is 2. The Labute approximate surface area is 198 Å². The SMILES string of the molecule is CCCCCc1nc(C)n(CCO)c(=O)c1Cc1ccc(-c2ccccc2-c2nn[nH]n2)cc1. The highest BCUT2D eigenvalue weighted by molar-refractivity contribution is 5.80. The Morgan fingerprint density at radius 1 is 1.03 bits per heavy atom. The van der Waals surface area contributed by atoms with Crippen molar-refractivity contribution in [3.63, 3.8) is 0 Å². The molecule has 8 heteroatoms. The molecule has 4 rings (SSSR count). The van der Waals surface area contributed by atoms with E-state index in [2.05, 4.69) is 39.7 Å². The predicted octanol–water partition coefficient (Wildman–Crippen LogP) is 3.71. The molecule has 34 heavy (non-hydrogen) atoms. The van der Waals surface area contributed by atoms with E-state index in [1.807, 2.05) is 43.3 Å². The third kappa shape index (κ3) is 5.12. The van der Waals surface area contributed by atoms with E-state index < -0.39 is 0 Å². The molecule has 0 saturated carbocycles. The molecule has 0 spiro atoms. The minimum atomic E-state index is -0.0917. The highest BCUT2D eigenvalue weighted by atomic mass is 16.3. The molecule has 0 aliphatic heterocycles. The van der Waals surface area contributed by atoms with E-state index in [0.717, 1.165) is 59.2 Å². The van der Waals surface area contributed by atoms with Crippen molar-refractivity contribution in [2.75, 3.05) is 6.61 Å². The minimum Gasteiger partial charge on any atom is -0.395 e. The Bertz CT molecular complexity index is 1280. The third-order valence-corrected chi connectivity index (χ3v) is 6.04. The Balaban J connectivity index is 1.65. The van der Waals surface area contributed by atoms with Gasteiger partial charge in [-0.25, -0.2) is 4.98 Å². The fraction of sp³-hybridized carbons (Fsp3) is 0.346. The number of tetrazole rings is 1. The van der Waals surface area contributed by atoms with Crippen LogP contribution < -0.4 is 5.56 Å². The van der Waals surface area contributed by atoms with Gasteiger partial charge in [-0.15, -0.1) is 10.2 Å². The van der Waals surface area contributed by atoms with E-state index in [1.54, 1.807) is 4.57 Å². The molecule has 2 heterocycles. The molecular weight excluding hydrogens is 428 g/mol. The van der Waals surface area contributed by atoms with Gasteiger partial charge in [0.25, 0.3) is 5.56 Å². The zero-order valence-corrected chi connectivity index (χ0v) is 19.7. The summed E-state index contributed by atoms with van der Waals surface area (Å²) in [5, 5.41) is 23.8. The van der Waals surface area contributed by atoms with Gasteiger partial charge >= 0.3 is 0 Å². The number of nitrogens with zero attached hydrogens (tertiary/aromatic N) is 5.